The van der Waals surface area contributed by atoms with Crippen molar-refractivity contribution in [3.8, 4) is 0 Å². The van der Waals surface area contributed by atoms with Gasteiger partial charge in [-0.25, -0.2) is 4.79 Å². The molecule has 1 fully saturated rings. The number of nitrogens with zero attached hydrogens (tertiary/aromatic N) is 2. The molecule has 1 saturated heterocycles. The maximum Gasteiger partial charge on any atom is 0.338 e. The highest BCUT2D eigenvalue weighted by molar-refractivity contribution is 6.04. The van der Waals surface area contributed by atoms with E-state index >= 15 is 0 Å². The minimum Gasteiger partial charge on any atom is -0.462 e. The number of carbonyl (C=O) groups excluding carboxylic acids is 1. The average Bonchev–Trinajstić information content (AvgIpc) is 2.56. The van der Waals surface area contributed by atoms with Gasteiger partial charge in [-0.2, -0.15) is 0 Å². The number of fused-ring (bicyclic) bond motifs is 1. The highest BCUT2D eigenvalue weighted by atomic mass is 16.5. The normalized spacial score (nSPS) is 21.4. The Morgan fingerprint density at radius 1 is 1.39 bits per heavy atom. The van der Waals surface area contributed by atoms with Gasteiger partial charge in [0.25, 0.3) is 0 Å². The first-order valence-corrected chi connectivity index (χ1v) is 8.06. The van der Waals surface area contributed by atoms with Gasteiger partial charge in [0.05, 0.1) is 36.4 Å². The summed E-state index contributed by atoms with van der Waals surface area (Å²) in [4.78, 5) is 18.8. The fourth-order valence-electron chi connectivity index (χ4n) is 3.00. The lowest BCUT2D eigenvalue weighted by atomic mass is 10.1. The van der Waals surface area contributed by atoms with Crippen molar-refractivity contribution < 1.29 is 14.3 Å². The highest BCUT2D eigenvalue weighted by Crippen LogP contribution is 2.28. The molecule has 1 aliphatic rings. The van der Waals surface area contributed by atoms with Gasteiger partial charge in [0, 0.05) is 23.8 Å². The van der Waals surface area contributed by atoms with Crippen LogP contribution in [0.4, 0.5) is 5.69 Å². The van der Waals surface area contributed by atoms with Gasteiger partial charge in [0.15, 0.2) is 0 Å². The van der Waals surface area contributed by atoms with Crippen LogP contribution in [0.15, 0.2) is 30.5 Å². The lowest BCUT2D eigenvalue weighted by Crippen LogP contribution is -2.48. The summed E-state index contributed by atoms with van der Waals surface area (Å²) in [7, 11) is 0. The van der Waals surface area contributed by atoms with Crippen LogP contribution >= 0.6 is 0 Å². The molecule has 5 heteroatoms. The third-order valence-corrected chi connectivity index (χ3v) is 4.44. The Bertz CT molecular complexity index is 716. The van der Waals surface area contributed by atoms with E-state index in [0.29, 0.717) is 18.8 Å². The Hall–Kier alpha value is -2.14. The summed E-state index contributed by atoms with van der Waals surface area (Å²) < 4.78 is 10.9. The van der Waals surface area contributed by atoms with Crippen LogP contribution in [-0.2, 0) is 9.47 Å². The van der Waals surface area contributed by atoms with Crippen LogP contribution in [-0.4, -0.2) is 42.9 Å². The van der Waals surface area contributed by atoms with Crippen molar-refractivity contribution in [1.82, 2.24) is 4.98 Å². The van der Waals surface area contributed by atoms with Crippen molar-refractivity contribution in [3.63, 3.8) is 0 Å². The minimum atomic E-state index is -0.305. The summed E-state index contributed by atoms with van der Waals surface area (Å²) >= 11 is 0. The summed E-state index contributed by atoms with van der Waals surface area (Å²) in [6.45, 7) is 7.96. The summed E-state index contributed by atoms with van der Waals surface area (Å²) in [5, 5.41) is 0.829. The van der Waals surface area contributed by atoms with Gasteiger partial charge in [-0.1, -0.05) is 0 Å². The summed E-state index contributed by atoms with van der Waals surface area (Å²) in [6, 6.07) is 8.04. The van der Waals surface area contributed by atoms with Gasteiger partial charge in [-0.3, -0.25) is 4.98 Å². The fraction of sp³-hybridized carbons (Fsp3) is 0.444. The number of ether oxygens (including phenoxy) is 2. The standard InChI is InChI=1S/C18H22N2O3/c1-4-22-18(21)15-7-8-19-17-6-5-14(11-16(15)17)20-9-10-23-13(3)12(20)2/h5-8,11-13H,4,9-10H2,1-3H3. The predicted molar refractivity (Wildman–Crippen MR) is 89.9 cm³/mol. The first-order valence-electron chi connectivity index (χ1n) is 8.06. The van der Waals surface area contributed by atoms with Crippen LogP contribution in [0.3, 0.4) is 0 Å². The Labute approximate surface area is 136 Å². The van der Waals surface area contributed by atoms with E-state index in [0.717, 1.165) is 23.1 Å². The molecule has 2 heterocycles. The minimum absolute atomic E-state index is 0.179. The number of benzene rings is 1. The number of morpholine rings is 1. The van der Waals surface area contributed by atoms with Crippen molar-refractivity contribution >= 4 is 22.6 Å². The molecule has 0 bridgehead atoms. The van der Waals surface area contributed by atoms with Gasteiger partial charge in [0.2, 0.25) is 0 Å². The fourth-order valence-corrected chi connectivity index (χ4v) is 3.00. The molecule has 23 heavy (non-hydrogen) atoms. The molecule has 2 aromatic rings. The van der Waals surface area contributed by atoms with Crippen LogP contribution in [0.25, 0.3) is 10.9 Å². The molecule has 5 nitrogen and oxygen atoms in total. The molecule has 0 amide bonds. The first kappa shape index (κ1) is 15.7. The van der Waals surface area contributed by atoms with Gasteiger partial charge in [-0.05, 0) is 45.0 Å². The Morgan fingerprint density at radius 3 is 3.00 bits per heavy atom. The predicted octanol–water partition coefficient (Wildman–Crippen LogP) is 3.03. The van der Waals surface area contributed by atoms with Crippen molar-refractivity contribution in [2.45, 2.75) is 32.9 Å². The third kappa shape index (κ3) is 3.01. The number of hydrogen-bond donors (Lipinski definition) is 0. The summed E-state index contributed by atoms with van der Waals surface area (Å²) in [6.07, 6.45) is 1.83. The molecule has 2 unspecified atom stereocenters. The summed E-state index contributed by atoms with van der Waals surface area (Å²) in [5.74, 6) is -0.305. The number of rotatable bonds is 3. The molecule has 0 aliphatic carbocycles. The van der Waals surface area contributed by atoms with Gasteiger partial charge in [-0.15, -0.1) is 0 Å². The molecule has 1 aromatic heterocycles. The van der Waals surface area contributed by atoms with Crippen molar-refractivity contribution in [1.29, 1.82) is 0 Å². The lowest BCUT2D eigenvalue weighted by molar-refractivity contribution is 0.0284. The van der Waals surface area contributed by atoms with E-state index in [-0.39, 0.29) is 18.1 Å². The van der Waals surface area contributed by atoms with Crippen molar-refractivity contribution in [2.75, 3.05) is 24.7 Å². The number of esters is 1. The molecule has 0 saturated carbocycles. The number of aromatic nitrogens is 1. The smallest absolute Gasteiger partial charge is 0.338 e. The quantitative estimate of drug-likeness (QED) is 0.815. The number of pyridine rings is 1. The van der Waals surface area contributed by atoms with E-state index in [2.05, 4.69) is 29.8 Å². The first-order chi connectivity index (χ1) is 11.1. The molecule has 2 atom stereocenters. The maximum atomic E-state index is 12.2. The topological polar surface area (TPSA) is 51.7 Å². The molecule has 0 N–H and O–H groups in total. The second-order valence-electron chi connectivity index (χ2n) is 5.79. The van der Waals surface area contributed by atoms with E-state index in [1.807, 2.05) is 19.1 Å². The van der Waals surface area contributed by atoms with Crippen LogP contribution in [0.2, 0.25) is 0 Å². The van der Waals surface area contributed by atoms with E-state index in [1.54, 1.807) is 12.3 Å². The molecule has 122 valence electrons. The van der Waals surface area contributed by atoms with Crippen LogP contribution in [0, 0.1) is 0 Å². The molecule has 3 rings (SSSR count). The number of carbonyl (C=O) groups is 1. The van der Waals surface area contributed by atoms with Crippen LogP contribution in [0.1, 0.15) is 31.1 Å². The zero-order valence-electron chi connectivity index (χ0n) is 13.8. The second-order valence-corrected chi connectivity index (χ2v) is 5.79. The molecule has 0 spiro atoms. The Kier molecular flexibility index (Phi) is 4.48. The Morgan fingerprint density at radius 2 is 2.22 bits per heavy atom. The van der Waals surface area contributed by atoms with E-state index in [1.165, 1.54) is 0 Å². The number of hydrogen-bond acceptors (Lipinski definition) is 5. The molecule has 1 aliphatic heterocycles. The zero-order valence-corrected chi connectivity index (χ0v) is 13.8. The van der Waals surface area contributed by atoms with E-state index in [4.69, 9.17) is 9.47 Å². The molecule has 0 radical (unpaired) electrons. The highest BCUT2D eigenvalue weighted by Gasteiger charge is 2.26. The zero-order chi connectivity index (χ0) is 16.4. The van der Waals surface area contributed by atoms with Gasteiger partial charge in [0.1, 0.15) is 0 Å². The van der Waals surface area contributed by atoms with Gasteiger partial charge < -0.3 is 14.4 Å². The molecular formula is C18H22N2O3. The maximum absolute atomic E-state index is 12.2. The number of anilines is 1. The Balaban J connectivity index is 2.03. The monoisotopic (exact) mass is 314 g/mol. The van der Waals surface area contributed by atoms with E-state index in [9.17, 15) is 4.79 Å². The average molecular weight is 314 g/mol. The SMILES string of the molecule is CCOC(=O)c1ccnc2ccc(N3CCOC(C)C3C)cc12. The molecular weight excluding hydrogens is 292 g/mol. The second kappa shape index (κ2) is 6.54. The molecule has 1 aromatic carbocycles. The largest absolute Gasteiger partial charge is 0.462 e. The van der Waals surface area contributed by atoms with Gasteiger partial charge >= 0.3 is 5.97 Å². The third-order valence-electron chi connectivity index (χ3n) is 4.44. The lowest BCUT2D eigenvalue weighted by Gasteiger charge is -2.39. The van der Waals surface area contributed by atoms with Crippen LogP contribution in [0.5, 0.6) is 0 Å². The summed E-state index contributed by atoms with van der Waals surface area (Å²) in [5.41, 5.74) is 2.44. The van der Waals surface area contributed by atoms with E-state index < -0.39 is 0 Å². The van der Waals surface area contributed by atoms with Crippen molar-refractivity contribution in [3.05, 3.63) is 36.0 Å². The van der Waals surface area contributed by atoms with Crippen LogP contribution < -0.4 is 4.90 Å². The van der Waals surface area contributed by atoms with Crippen molar-refractivity contribution in [2.24, 2.45) is 0 Å².